The van der Waals surface area contributed by atoms with Crippen LogP contribution >= 0.6 is 0 Å². The lowest BCUT2D eigenvalue weighted by molar-refractivity contribution is 0.286. The van der Waals surface area contributed by atoms with Crippen molar-refractivity contribution >= 4 is 10.0 Å². The fourth-order valence-corrected chi connectivity index (χ4v) is 2.95. The molecule has 1 saturated heterocycles. The van der Waals surface area contributed by atoms with Gasteiger partial charge in [-0.25, -0.2) is 12.7 Å². The van der Waals surface area contributed by atoms with E-state index >= 15 is 0 Å². The number of hydrogen-bond donors (Lipinski definition) is 0. The van der Waals surface area contributed by atoms with Crippen LogP contribution in [-0.4, -0.2) is 42.3 Å². The Morgan fingerprint density at radius 2 is 1.89 bits per heavy atom. The summed E-state index contributed by atoms with van der Waals surface area (Å²) in [5, 5.41) is 8.07. The van der Waals surface area contributed by atoms with E-state index in [9.17, 15) is 8.42 Å². The van der Waals surface area contributed by atoms with Crippen molar-refractivity contribution in [2.24, 2.45) is 0 Å². The molecular weight excluding hydrogens is 254 g/mol. The van der Waals surface area contributed by atoms with Crippen LogP contribution in [0, 0.1) is 0 Å². The highest BCUT2D eigenvalue weighted by Crippen LogP contribution is 2.28. The van der Waals surface area contributed by atoms with E-state index in [1.54, 1.807) is 0 Å². The molecule has 0 bridgehead atoms. The number of rotatable bonds is 3. The lowest BCUT2D eigenvalue weighted by atomic mass is 9.98. The van der Waals surface area contributed by atoms with Crippen LogP contribution < -0.4 is 0 Å². The standard InChI is InChI=1S/C11H19N3O3S/c1-8(2)10-12-13-11(17-10)9-4-6-14(7-5-9)18(3,15)16/h8-9H,4-7H2,1-3H3. The molecule has 0 N–H and O–H groups in total. The van der Waals surface area contributed by atoms with E-state index in [4.69, 9.17) is 4.42 Å². The second-order valence-corrected chi connectivity index (χ2v) is 7.05. The van der Waals surface area contributed by atoms with Crippen LogP contribution in [0.5, 0.6) is 0 Å². The molecule has 0 unspecified atom stereocenters. The van der Waals surface area contributed by atoms with Crippen molar-refractivity contribution in [2.45, 2.75) is 38.5 Å². The van der Waals surface area contributed by atoms with Crippen molar-refractivity contribution in [3.05, 3.63) is 11.8 Å². The van der Waals surface area contributed by atoms with E-state index in [1.165, 1.54) is 10.6 Å². The lowest BCUT2D eigenvalue weighted by Crippen LogP contribution is -2.37. The van der Waals surface area contributed by atoms with Gasteiger partial charge in [-0.05, 0) is 12.8 Å². The van der Waals surface area contributed by atoms with Crippen LogP contribution in [0.25, 0.3) is 0 Å². The van der Waals surface area contributed by atoms with Crippen LogP contribution in [0.2, 0.25) is 0 Å². The van der Waals surface area contributed by atoms with Gasteiger partial charge in [-0.2, -0.15) is 0 Å². The predicted octanol–water partition coefficient (Wildman–Crippen LogP) is 1.33. The Labute approximate surface area is 107 Å². The van der Waals surface area contributed by atoms with Gasteiger partial charge in [0.1, 0.15) is 0 Å². The fraction of sp³-hybridized carbons (Fsp3) is 0.818. The van der Waals surface area contributed by atoms with Gasteiger partial charge in [0.05, 0.1) is 6.26 Å². The Hall–Kier alpha value is -0.950. The summed E-state index contributed by atoms with van der Waals surface area (Å²) in [5.74, 6) is 1.70. The molecule has 102 valence electrons. The van der Waals surface area contributed by atoms with Crippen molar-refractivity contribution in [3.8, 4) is 0 Å². The molecule has 0 radical (unpaired) electrons. The van der Waals surface area contributed by atoms with Gasteiger partial charge in [0.2, 0.25) is 21.8 Å². The highest BCUT2D eigenvalue weighted by atomic mass is 32.2. The third-order valence-corrected chi connectivity index (χ3v) is 4.53. The molecule has 1 aromatic rings. The lowest BCUT2D eigenvalue weighted by Gasteiger charge is -2.28. The highest BCUT2D eigenvalue weighted by molar-refractivity contribution is 7.88. The van der Waals surface area contributed by atoms with E-state index in [1.807, 2.05) is 13.8 Å². The van der Waals surface area contributed by atoms with Gasteiger partial charge >= 0.3 is 0 Å². The van der Waals surface area contributed by atoms with Gasteiger partial charge in [-0.3, -0.25) is 0 Å². The van der Waals surface area contributed by atoms with Gasteiger partial charge in [0.25, 0.3) is 0 Å². The zero-order valence-corrected chi connectivity index (χ0v) is 11.8. The first-order chi connectivity index (χ1) is 8.38. The first kappa shape index (κ1) is 13.5. The van der Waals surface area contributed by atoms with Crippen LogP contribution in [0.1, 0.15) is 50.3 Å². The van der Waals surface area contributed by atoms with Crippen molar-refractivity contribution in [3.63, 3.8) is 0 Å². The number of piperidine rings is 1. The Morgan fingerprint density at radius 1 is 1.28 bits per heavy atom. The molecule has 6 nitrogen and oxygen atoms in total. The van der Waals surface area contributed by atoms with Crippen LogP contribution in [0.3, 0.4) is 0 Å². The normalized spacial score (nSPS) is 19.6. The molecular formula is C11H19N3O3S. The van der Waals surface area contributed by atoms with Gasteiger partial charge in [0.15, 0.2) is 0 Å². The van der Waals surface area contributed by atoms with E-state index in [-0.39, 0.29) is 11.8 Å². The molecule has 7 heteroatoms. The molecule has 0 amide bonds. The van der Waals surface area contributed by atoms with Crippen molar-refractivity contribution in [1.82, 2.24) is 14.5 Å². The molecule has 1 aliphatic rings. The quantitative estimate of drug-likeness (QED) is 0.830. The van der Waals surface area contributed by atoms with Crippen molar-refractivity contribution < 1.29 is 12.8 Å². The number of aromatic nitrogens is 2. The maximum atomic E-state index is 11.4. The third kappa shape index (κ3) is 2.89. The Morgan fingerprint density at radius 3 is 2.33 bits per heavy atom. The summed E-state index contributed by atoms with van der Waals surface area (Å²) in [5.41, 5.74) is 0. The summed E-state index contributed by atoms with van der Waals surface area (Å²) >= 11 is 0. The third-order valence-electron chi connectivity index (χ3n) is 3.22. The predicted molar refractivity (Wildman–Crippen MR) is 66.8 cm³/mol. The molecule has 0 aromatic carbocycles. The molecule has 1 aliphatic heterocycles. The first-order valence-electron chi connectivity index (χ1n) is 6.16. The summed E-state index contributed by atoms with van der Waals surface area (Å²) in [4.78, 5) is 0. The maximum Gasteiger partial charge on any atom is 0.219 e. The summed E-state index contributed by atoms with van der Waals surface area (Å²) in [6, 6.07) is 0. The zero-order chi connectivity index (χ0) is 13.3. The van der Waals surface area contributed by atoms with Crippen LogP contribution in [-0.2, 0) is 10.0 Å². The maximum absolute atomic E-state index is 11.4. The Bertz CT molecular complexity index is 501. The van der Waals surface area contributed by atoms with E-state index < -0.39 is 10.0 Å². The Kier molecular flexibility index (Phi) is 3.72. The number of nitrogens with zero attached hydrogens (tertiary/aromatic N) is 3. The highest BCUT2D eigenvalue weighted by Gasteiger charge is 2.28. The van der Waals surface area contributed by atoms with Crippen molar-refractivity contribution in [2.75, 3.05) is 19.3 Å². The number of hydrogen-bond acceptors (Lipinski definition) is 5. The summed E-state index contributed by atoms with van der Waals surface area (Å²) in [6.07, 6.45) is 2.73. The average Bonchev–Trinajstić information content (AvgIpc) is 2.77. The van der Waals surface area contributed by atoms with E-state index in [0.717, 1.165) is 12.8 Å². The summed E-state index contributed by atoms with van der Waals surface area (Å²) < 4.78 is 29.9. The number of sulfonamides is 1. The molecule has 0 aliphatic carbocycles. The molecule has 0 spiro atoms. The minimum absolute atomic E-state index is 0.183. The van der Waals surface area contributed by atoms with Gasteiger partial charge < -0.3 is 4.42 Å². The molecule has 18 heavy (non-hydrogen) atoms. The van der Waals surface area contributed by atoms with Gasteiger partial charge in [0, 0.05) is 24.9 Å². The molecule has 2 rings (SSSR count). The second kappa shape index (κ2) is 4.97. The molecule has 2 heterocycles. The minimum atomic E-state index is -3.07. The summed E-state index contributed by atoms with van der Waals surface area (Å²) in [7, 11) is -3.07. The topological polar surface area (TPSA) is 76.3 Å². The SMILES string of the molecule is CC(C)c1nnc(C2CCN(S(C)(=O)=O)CC2)o1. The van der Waals surface area contributed by atoms with Crippen LogP contribution in [0.4, 0.5) is 0 Å². The van der Waals surface area contributed by atoms with E-state index in [0.29, 0.717) is 24.9 Å². The smallest absolute Gasteiger partial charge is 0.219 e. The Balaban J connectivity index is 2.01. The van der Waals surface area contributed by atoms with E-state index in [2.05, 4.69) is 10.2 Å². The first-order valence-corrected chi connectivity index (χ1v) is 8.01. The monoisotopic (exact) mass is 273 g/mol. The average molecular weight is 273 g/mol. The molecule has 0 atom stereocenters. The van der Waals surface area contributed by atoms with Crippen molar-refractivity contribution in [1.29, 1.82) is 0 Å². The molecule has 1 aromatic heterocycles. The molecule has 0 saturated carbocycles. The summed E-state index contributed by atoms with van der Waals surface area (Å²) in [6.45, 7) is 5.07. The van der Waals surface area contributed by atoms with Gasteiger partial charge in [-0.1, -0.05) is 13.8 Å². The second-order valence-electron chi connectivity index (χ2n) is 5.07. The fourth-order valence-electron chi connectivity index (χ4n) is 2.08. The van der Waals surface area contributed by atoms with Crippen LogP contribution in [0.15, 0.2) is 4.42 Å². The zero-order valence-electron chi connectivity index (χ0n) is 11.0. The minimum Gasteiger partial charge on any atom is -0.425 e. The molecule has 1 fully saturated rings. The largest absolute Gasteiger partial charge is 0.425 e. The van der Waals surface area contributed by atoms with Gasteiger partial charge in [-0.15, -0.1) is 10.2 Å².